The maximum absolute atomic E-state index is 4.56. The van der Waals surface area contributed by atoms with Gasteiger partial charge in [-0.3, -0.25) is 5.10 Å². The molecular weight excluding hydrogens is 376 g/mol. The lowest BCUT2D eigenvalue weighted by molar-refractivity contribution is 0.631. The van der Waals surface area contributed by atoms with Gasteiger partial charge in [0.05, 0.1) is 11.7 Å². The second-order valence-electron chi connectivity index (χ2n) is 7.13. The highest BCUT2D eigenvalue weighted by molar-refractivity contribution is 5.79. The molecule has 0 radical (unpaired) electrons. The van der Waals surface area contributed by atoms with E-state index < -0.39 is 0 Å². The fourth-order valence-corrected chi connectivity index (χ4v) is 3.42. The quantitative estimate of drug-likeness (QED) is 0.455. The van der Waals surface area contributed by atoms with Gasteiger partial charge in [-0.15, -0.1) is 0 Å². The number of benzene rings is 1. The summed E-state index contributed by atoms with van der Waals surface area (Å²) >= 11 is 0. The fourth-order valence-electron chi connectivity index (χ4n) is 3.42. The molecule has 1 atom stereocenters. The summed E-state index contributed by atoms with van der Waals surface area (Å²) in [6.45, 7) is 1.88. The van der Waals surface area contributed by atoms with Gasteiger partial charge in [0.15, 0.2) is 5.82 Å². The third-order valence-corrected chi connectivity index (χ3v) is 4.98. The Kier molecular flexibility index (Phi) is 5.02. The first-order valence-electron chi connectivity index (χ1n) is 9.92. The van der Waals surface area contributed by atoms with Gasteiger partial charge in [-0.05, 0) is 55.6 Å². The van der Waals surface area contributed by atoms with Crippen LogP contribution in [0.1, 0.15) is 24.1 Å². The molecule has 0 bridgehead atoms. The van der Waals surface area contributed by atoms with E-state index in [9.17, 15) is 0 Å². The number of hydrogen-bond acceptors (Lipinski definition) is 7. The van der Waals surface area contributed by atoms with Crippen LogP contribution in [0.5, 0.6) is 0 Å². The summed E-state index contributed by atoms with van der Waals surface area (Å²) in [6, 6.07) is 9.98. The van der Waals surface area contributed by atoms with Crippen molar-refractivity contribution >= 4 is 16.9 Å². The van der Waals surface area contributed by atoms with Crippen molar-refractivity contribution in [2.45, 2.75) is 18.9 Å². The predicted molar refractivity (Wildman–Crippen MR) is 115 cm³/mol. The number of H-pyrrole nitrogens is 1. The zero-order chi connectivity index (χ0) is 20.2. The first-order chi connectivity index (χ1) is 14.8. The number of fused-ring (bicyclic) bond motifs is 1. The molecule has 3 aromatic heterocycles. The number of rotatable bonds is 4. The normalized spacial score (nSPS) is 15.7. The average molecular weight is 396 g/mol. The van der Waals surface area contributed by atoms with Crippen LogP contribution in [0.25, 0.3) is 22.4 Å². The summed E-state index contributed by atoms with van der Waals surface area (Å²) in [5, 5.41) is 14.7. The molecule has 4 heterocycles. The molecule has 3 N–H and O–H groups in total. The van der Waals surface area contributed by atoms with E-state index in [4.69, 9.17) is 0 Å². The van der Waals surface area contributed by atoms with Gasteiger partial charge >= 0.3 is 0 Å². The van der Waals surface area contributed by atoms with Gasteiger partial charge in [0.25, 0.3) is 0 Å². The van der Waals surface area contributed by atoms with Crippen LogP contribution < -0.4 is 10.6 Å². The second kappa shape index (κ2) is 8.27. The van der Waals surface area contributed by atoms with Crippen molar-refractivity contribution in [1.82, 2.24) is 35.5 Å². The third kappa shape index (κ3) is 4.11. The lowest BCUT2D eigenvalue weighted by atomic mass is 10.1. The SMILES string of the molecule is C(#Cc1ccnc(-c2ccnc(NCC3CCCN3)n2)n1)c1ccc2[nH]ncc2c1. The highest BCUT2D eigenvalue weighted by Gasteiger charge is 2.14. The van der Waals surface area contributed by atoms with E-state index in [0.717, 1.165) is 29.6 Å². The van der Waals surface area contributed by atoms with Crippen molar-refractivity contribution in [3.63, 3.8) is 0 Å². The molecule has 8 heteroatoms. The first-order valence-corrected chi connectivity index (χ1v) is 9.92. The topological polar surface area (TPSA) is 104 Å². The molecule has 0 spiro atoms. The molecule has 4 aromatic rings. The van der Waals surface area contributed by atoms with Crippen LogP contribution >= 0.6 is 0 Å². The minimum Gasteiger partial charge on any atom is -0.353 e. The van der Waals surface area contributed by atoms with Crippen LogP contribution in [0, 0.1) is 11.8 Å². The van der Waals surface area contributed by atoms with Crippen LogP contribution in [0.15, 0.2) is 48.9 Å². The minimum atomic E-state index is 0.466. The van der Waals surface area contributed by atoms with Crippen LogP contribution in [0.3, 0.4) is 0 Å². The number of nitrogens with one attached hydrogen (secondary N) is 3. The summed E-state index contributed by atoms with van der Waals surface area (Å²) in [4.78, 5) is 17.8. The molecule has 1 unspecified atom stereocenters. The average Bonchev–Trinajstić information content (AvgIpc) is 3.48. The standard InChI is InChI=1S/C22H20N8/c1-2-18(23-9-1)14-26-22-25-11-8-20(29-22)21-24-10-7-17(28-21)5-3-15-4-6-19-16(12-15)13-27-30-19/h4,6-8,10-13,18,23H,1-2,9,14H2,(H,27,30)(H,25,26,29). The van der Waals surface area contributed by atoms with Gasteiger partial charge in [-0.2, -0.15) is 5.10 Å². The molecule has 1 aromatic carbocycles. The van der Waals surface area contributed by atoms with Gasteiger partial charge in [0, 0.05) is 35.9 Å². The minimum absolute atomic E-state index is 0.466. The maximum Gasteiger partial charge on any atom is 0.223 e. The van der Waals surface area contributed by atoms with Crippen LogP contribution in [-0.2, 0) is 0 Å². The van der Waals surface area contributed by atoms with E-state index in [1.165, 1.54) is 12.8 Å². The zero-order valence-electron chi connectivity index (χ0n) is 16.3. The third-order valence-electron chi connectivity index (χ3n) is 4.98. The van der Waals surface area contributed by atoms with Crippen molar-refractivity contribution < 1.29 is 0 Å². The van der Waals surface area contributed by atoms with E-state index in [2.05, 4.69) is 52.6 Å². The first kappa shape index (κ1) is 18.2. The maximum atomic E-state index is 4.56. The Morgan fingerprint density at radius 1 is 1.07 bits per heavy atom. The van der Waals surface area contributed by atoms with E-state index in [0.29, 0.717) is 29.2 Å². The predicted octanol–water partition coefficient (Wildman–Crippen LogP) is 2.37. The zero-order valence-corrected chi connectivity index (χ0v) is 16.3. The van der Waals surface area contributed by atoms with E-state index in [1.54, 1.807) is 30.7 Å². The molecule has 1 saturated heterocycles. The number of aromatic nitrogens is 6. The van der Waals surface area contributed by atoms with Crippen molar-refractivity contribution in [1.29, 1.82) is 0 Å². The molecule has 1 aliphatic heterocycles. The molecule has 148 valence electrons. The Morgan fingerprint density at radius 2 is 2.03 bits per heavy atom. The summed E-state index contributed by atoms with van der Waals surface area (Å²) < 4.78 is 0. The Morgan fingerprint density at radius 3 is 2.97 bits per heavy atom. The van der Waals surface area contributed by atoms with Gasteiger partial charge in [0.2, 0.25) is 5.95 Å². The van der Waals surface area contributed by atoms with Crippen molar-refractivity contribution in [2.24, 2.45) is 0 Å². The molecule has 0 aliphatic carbocycles. The van der Waals surface area contributed by atoms with E-state index in [-0.39, 0.29) is 0 Å². The van der Waals surface area contributed by atoms with Crippen molar-refractivity contribution in [3.05, 3.63) is 60.2 Å². The Balaban J connectivity index is 1.34. The summed E-state index contributed by atoms with van der Waals surface area (Å²) in [5.41, 5.74) is 3.19. The van der Waals surface area contributed by atoms with Crippen molar-refractivity contribution in [3.8, 4) is 23.4 Å². The Bertz CT molecular complexity index is 1230. The number of hydrogen-bond donors (Lipinski definition) is 3. The number of anilines is 1. The van der Waals surface area contributed by atoms with E-state index in [1.807, 2.05) is 18.2 Å². The second-order valence-corrected chi connectivity index (χ2v) is 7.13. The highest BCUT2D eigenvalue weighted by atomic mass is 15.1. The van der Waals surface area contributed by atoms with Gasteiger partial charge < -0.3 is 10.6 Å². The van der Waals surface area contributed by atoms with Gasteiger partial charge in [-0.25, -0.2) is 19.9 Å². The number of nitrogens with zero attached hydrogens (tertiary/aromatic N) is 5. The van der Waals surface area contributed by atoms with Crippen LogP contribution in [0.2, 0.25) is 0 Å². The van der Waals surface area contributed by atoms with Gasteiger partial charge in [-0.1, -0.05) is 5.92 Å². The van der Waals surface area contributed by atoms with E-state index >= 15 is 0 Å². The fraction of sp³-hybridized carbons (Fsp3) is 0.227. The van der Waals surface area contributed by atoms with Crippen molar-refractivity contribution in [2.75, 3.05) is 18.4 Å². The number of aromatic amines is 1. The highest BCUT2D eigenvalue weighted by Crippen LogP contribution is 2.14. The summed E-state index contributed by atoms with van der Waals surface area (Å²) in [6.07, 6.45) is 7.58. The molecule has 0 amide bonds. The molecule has 1 aliphatic rings. The Labute approximate surface area is 173 Å². The molecule has 30 heavy (non-hydrogen) atoms. The van der Waals surface area contributed by atoms with Gasteiger partial charge in [0.1, 0.15) is 11.4 Å². The Hall–Kier alpha value is -3.83. The summed E-state index contributed by atoms with van der Waals surface area (Å²) in [5.74, 6) is 7.36. The molecule has 5 rings (SSSR count). The van der Waals surface area contributed by atoms with Crippen LogP contribution in [0.4, 0.5) is 5.95 Å². The smallest absolute Gasteiger partial charge is 0.223 e. The van der Waals surface area contributed by atoms with Crippen LogP contribution in [-0.4, -0.2) is 49.3 Å². The molecule has 8 nitrogen and oxygen atoms in total. The lowest BCUT2D eigenvalue weighted by Gasteiger charge is -2.11. The monoisotopic (exact) mass is 396 g/mol. The molecular formula is C22H20N8. The molecule has 0 saturated carbocycles. The largest absolute Gasteiger partial charge is 0.353 e. The molecule has 1 fully saturated rings. The lowest BCUT2D eigenvalue weighted by Crippen LogP contribution is -2.29. The summed E-state index contributed by atoms with van der Waals surface area (Å²) in [7, 11) is 0.